The topological polar surface area (TPSA) is 69.6 Å². The van der Waals surface area contributed by atoms with Crippen molar-refractivity contribution < 1.29 is 4.74 Å². The maximum absolute atomic E-state index is 6.14. The Morgan fingerprint density at radius 2 is 1.75 bits per heavy atom. The second kappa shape index (κ2) is 8.60. The molecular weight excluding hydrogens is 420 g/mol. The molecule has 3 heterocycles. The number of pyridine rings is 1. The number of nitrogens with zero attached hydrogens (tertiary/aromatic N) is 6. The van der Waals surface area contributed by atoms with Crippen LogP contribution in [-0.4, -0.2) is 25.5 Å². The number of hydrogen-bond donors (Lipinski definition) is 0. The zero-order valence-electron chi connectivity index (χ0n) is 17.6. The molecule has 8 heteroatoms. The summed E-state index contributed by atoms with van der Waals surface area (Å²) in [5.41, 5.74) is 3.53. The Morgan fingerprint density at radius 1 is 0.969 bits per heavy atom. The zero-order chi connectivity index (χ0) is 21.9. The number of thiazole rings is 1. The number of rotatable bonds is 5. The summed E-state index contributed by atoms with van der Waals surface area (Å²) < 4.78 is 11.1. The summed E-state index contributed by atoms with van der Waals surface area (Å²) in [7, 11) is 1.99. The fourth-order valence-corrected chi connectivity index (χ4v) is 4.31. The van der Waals surface area contributed by atoms with Crippen molar-refractivity contribution in [2.75, 3.05) is 0 Å². The Bertz CT molecular complexity index is 1470. The first-order valence-electron chi connectivity index (χ1n) is 10.1. The van der Waals surface area contributed by atoms with E-state index >= 15 is 0 Å². The number of hydrogen-bond acceptors (Lipinski definition) is 6. The second-order valence-electron chi connectivity index (χ2n) is 7.08. The molecule has 2 aromatic carbocycles. The molecule has 0 N–H and O–H groups in total. The van der Waals surface area contributed by atoms with Gasteiger partial charge in [0.15, 0.2) is 0 Å². The molecule has 5 rings (SSSR count). The summed E-state index contributed by atoms with van der Waals surface area (Å²) in [5.74, 6) is 1.01. The van der Waals surface area contributed by atoms with Crippen LogP contribution in [0.15, 0.2) is 89.2 Å². The van der Waals surface area contributed by atoms with Crippen LogP contribution in [0.5, 0.6) is 11.8 Å². The molecule has 0 atom stereocenters. The molecule has 7 nitrogen and oxygen atoms in total. The lowest BCUT2D eigenvalue weighted by Crippen LogP contribution is -2.08. The summed E-state index contributed by atoms with van der Waals surface area (Å²) in [6, 6.07) is 23.5. The van der Waals surface area contributed by atoms with Gasteiger partial charge in [0.05, 0.1) is 33.4 Å². The fourth-order valence-electron chi connectivity index (χ4n) is 3.33. The summed E-state index contributed by atoms with van der Waals surface area (Å²) >= 11 is 1.59. The molecule has 0 saturated carbocycles. The Kier molecular flexibility index (Phi) is 5.35. The Morgan fingerprint density at radius 3 is 2.53 bits per heavy atom. The number of para-hydroxylation sites is 2. The van der Waals surface area contributed by atoms with Crippen LogP contribution in [0, 0.1) is 6.92 Å². The second-order valence-corrected chi connectivity index (χ2v) is 8.09. The first kappa shape index (κ1) is 19.9. The number of fused-ring (bicyclic) bond motifs is 1. The lowest BCUT2D eigenvalue weighted by Gasteiger charge is -2.09. The highest BCUT2D eigenvalue weighted by atomic mass is 32.1. The number of aromatic nitrogens is 4. The van der Waals surface area contributed by atoms with E-state index in [2.05, 4.69) is 32.4 Å². The SMILES string of the molecule is Cc1nn(-c2ccccc2)c(Oc2ccccn2)c1/C=N\N=c1/sc2ccccc2n1C. The molecule has 3 aromatic heterocycles. The van der Waals surface area contributed by atoms with E-state index in [-0.39, 0.29) is 0 Å². The van der Waals surface area contributed by atoms with Crippen molar-refractivity contribution in [3.63, 3.8) is 0 Å². The van der Waals surface area contributed by atoms with Crippen LogP contribution >= 0.6 is 11.3 Å². The first-order chi connectivity index (χ1) is 15.7. The molecule has 0 spiro atoms. The molecular formula is C24H20N6OS. The van der Waals surface area contributed by atoms with Gasteiger partial charge in [0.2, 0.25) is 16.6 Å². The van der Waals surface area contributed by atoms with Crippen LogP contribution in [0.1, 0.15) is 11.3 Å². The average molecular weight is 441 g/mol. The van der Waals surface area contributed by atoms with Gasteiger partial charge in [-0.25, -0.2) is 4.98 Å². The molecule has 0 unspecified atom stereocenters. The van der Waals surface area contributed by atoms with Crippen LogP contribution in [0.3, 0.4) is 0 Å². The van der Waals surface area contributed by atoms with Gasteiger partial charge in [-0.3, -0.25) is 0 Å². The standard InChI is InChI=1S/C24H20N6OS/c1-17-19(16-26-27-24-29(2)20-12-6-7-13-21(20)32-24)23(31-22-14-8-9-15-25-22)30(28-17)18-10-4-3-5-11-18/h3-16H,1-2H3/b26-16-,27-24-. The third kappa shape index (κ3) is 3.83. The van der Waals surface area contributed by atoms with Crippen LogP contribution in [-0.2, 0) is 7.05 Å². The van der Waals surface area contributed by atoms with Crippen molar-refractivity contribution in [2.45, 2.75) is 6.92 Å². The molecule has 0 aliphatic carbocycles. The fraction of sp³-hybridized carbons (Fsp3) is 0.0833. The summed E-state index contributed by atoms with van der Waals surface area (Å²) in [6.45, 7) is 1.92. The van der Waals surface area contributed by atoms with Crippen molar-refractivity contribution in [3.8, 4) is 17.4 Å². The van der Waals surface area contributed by atoms with Crippen LogP contribution < -0.4 is 9.54 Å². The number of benzene rings is 2. The highest BCUT2D eigenvalue weighted by Gasteiger charge is 2.18. The zero-order valence-corrected chi connectivity index (χ0v) is 18.4. The highest BCUT2D eigenvalue weighted by molar-refractivity contribution is 7.16. The van der Waals surface area contributed by atoms with E-state index in [1.54, 1.807) is 34.5 Å². The molecule has 0 saturated heterocycles. The lowest BCUT2D eigenvalue weighted by atomic mass is 10.2. The first-order valence-corrected chi connectivity index (χ1v) is 10.9. The van der Waals surface area contributed by atoms with Crippen LogP contribution in [0.2, 0.25) is 0 Å². The van der Waals surface area contributed by atoms with Crippen LogP contribution in [0.25, 0.3) is 15.9 Å². The quantitative estimate of drug-likeness (QED) is 0.290. The summed E-state index contributed by atoms with van der Waals surface area (Å²) in [5, 5.41) is 13.5. The van der Waals surface area contributed by atoms with E-state index in [0.29, 0.717) is 11.8 Å². The van der Waals surface area contributed by atoms with Gasteiger partial charge in [-0.05, 0) is 37.3 Å². The smallest absolute Gasteiger partial charge is 0.233 e. The van der Waals surface area contributed by atoms with Crippen molar-refractivity contribution in [1.29, 1.82) is 0 Å². The molecule has 0 bridgehead atoms. The number of ether oxygens (including phenoxy) is 1. The van der Waals surface area contributed by atoms with E-state index in [4.69, 9.17) is 4.74 Å². The Balaban J connectivity index is 1.58. The molecule has 158 valence electrons. The van der Waals surface area contributed by atoms with Gasteiger partial charge in [-0.15, -0.1) is 5.10 Å². The Labute approximate surface area is 188 Å². The highest BCUT2D eigenvalue weighted by Crippen LogP contribution is 2.28. The van der Waals surface area contributed by atoms with Gasteiger partial charge < -0.3 is 9.30 Å². The monoisotopic (exact) mass is 440 g/mol. The largest absolute Gasteiger partial charge is 0.420 e. The molecule has 32 heavy (non-hydrogen) atoms. The van der Waals surface area contributed by atoms with Crippen molar-refractivity contribution >= 4 is 27.8 Å². The molecule has 0 radical (unpaired) electrons. The third-order valence-corrected chi connectivity index (χ3v) is 6.05. The van der Waals surface area contributed by atoms with Gasteiger partial charge in [0, 0.05) is 19.3 Å². The Hall–Kier alpha value is -4.04. The molecule has 5 aromatic rings. The minimum absolute atomic E-state index is 0.479. The minimum atomic E-state index is 0.479. The maximum atomic E-state index is 6.14. The summed E-state index contributed by atoms with van der Waals surface area (Å²) in [4.78, 5) is 5.10. The minimum Gasteiger partial charge on any atom is -0.420 e. The number of aryl methyl sites for hydroxylation is 2. The third-order valence-electron chi connectivity index (χ3n) is 4.95. The van der Waals surface area contributed by atoms with Crippen molar-refractivity contribution in [2.24, 2.45) is 17.3 Å². The van der Waals surface area contributed by atoms with Gasteiger partial charge in [0.1, 0.15) is 0 Å². The summed E-state index contributed by atoms with van der Waals surface area (Å²) in [6.07, 6.45) is 3.38. The van der Waals surface area contributed by atoms with Crippen molar-refractivity contribution in [1.82, 2.24) is 19.3 Å². The van der Waals surface area contributed by atoms with Gasteiger partial charge in [0.25, 0.3) is 0 Å². The van der Waals surface area contributed by atoms with E-state index < -0.39 is 0 Å². The lowest BCUT2D eigenvalue weighted by molar-refractivity contribution is 0.427. The van der Waals surface area contributed by atoms with E-state index in [9.17, 15) is 0 Å². The van der Waals surface area contributed by atoms with Gasteiger partial charge in [-0.2, -0.15) is 14.9 Å². The van der Waals surface area contributed by atoms with Crippen LogP contribution in [0.4, 0.5) is 0 Å². The van der Waals surface area contributed by atoms with Crippen molar-refractivity contribution in [3.05, 3.63) is 95.1 Å². The van der Waals surface area contributed by atoms with E-state index in [0.717, 1.165) is 32.0 Å². The predicted molar refractivity (Wildman–Crippen MR) is 127 cm³/mol. The van der Waals surface area contributed by atoms with Gasteiger partial charge >= 0.3 is 0 Å². The average Bonchev–Trinajstić information content (AvgIpc) is 3.32. The van der Waals surface area contributed by atoms with E-state index in [1.165, 1.54) is 0 Å². The molecule has 0 aliphatic heterocycles. The molecule has 0 aliphatic rings. The normalized spacial score (nSPS) is 12.1. The maximum Gasteiger partial charge on any atom is 0.233 e. The van der Waals surface area contributed by atoms with E-state index in [1.807, 2.05) is 73.1 Å². The predicted octanol–water partition coefficient (Wildman–Crippen LogP) is 4.86. The molecule has 0 fully saturated rings. The van der Waals surface area contributed by atoms with Gasteiger partial charge in [-0.1, -0.05) is 47.7 Å². The molecule has 0 amide bonds.